The molecule has 2 heterocycles. The van der Waals surface area contributed by atoms with Gasteiger partial charge in [0.2, 0.25) is 0 Å². The van der Waals surface area contributed by atoms with Gasteiger partial charge in [0, 0.05) is 0 Å². The molecule has 0 bridgehead atoms. The molecule has 3 N–H and O–H groups in total. The minimum atomic E-state index is -0.624. The van der Waals surface area contributed by atoms with Crippen LogP contribution in [-0.4, -0.2) is 22.3 Å². The molecule has 24 heavy (non-hydrogen) atoms. The molecule has 1 aromatic carbocycles. The van der Waals surface area contributed by atoms with Gasteiger partial charge in [-0.1, -0.05) is 12.1 Å². The maximum Gasteiger partial charge on any atom is 0.334 e. The summed E-state index contributed by atoms with van der Waals surface area (Å²) < 4.78 is 15.4. The first-order valence-electron chi connectivity index (χ1n) is 8.36. The summed E-state index contributed by atoms with van der Waals surface area (Å²) in [6.07, 6.45) is 4.78. The lowest BCUT2D eigenvalue weighted by Gasteiger charge is -2.31. The van der Waals surface area contributed by atoms with Crippen molar-refractivity contribution >= 4 is 5.82 Å². The number of aromatic nitrogens is 2. The van der Waals surface area contributed by atoms with Gasteiger partial charge in [0.1, 0.15) is 23.7 Å². The van der Waals surface area contributed by atoms with Crippen molar-refractivity contribution in [2.24, 2.45) is 0 Å². The van der Waals surface area contributed by atoms with Crippen molar-refractivity contribution in [3.05, 3.63) is 56.5 Å². The van der Waals surface area contributed by atoms with E-state index in [1.165, 1.54) is 34.4 Å². The van der Waals surface area contributed by atoms with Gasteiger partial charge in [-0.15, -0.1) is 0 Å². The second-order valence-electron chi connectivity index (χ2n) is 6.54. The quantitative estimate of drug-likeness (QED) is 0.745. The summed E-state index contributed by atoms with van der Waals surface area (Å²) >= 11 is 0. The monoisotopic (exact) mass is 331 g/mol. The Hall–Kier alpha value is -2.41. The van der Waals surface area contributed by atoms with Crippen LogP contribution in [0.5, 0.6) is 0 Å². The van der Waals surface area contributed by atoms with Crippen LogP contribution < -0.4 is 21.5 Å². The molecule has 7 heteroatoms. The molecule has 0 amide bonds. The number of nitrogens with zero attached hydrogens (tertiary/aromatic N) is 1. The lowest BCUT2D eigenvalue weighted by Crippen LogP contribution is -3.16. The molecule has 1 aliphatic heterocycles. The molecule has 4 rings (SSSR count). The van der Waals surface area contributed by atoms with Crippen LogP contribution >= 0.6 is 0 Å². The third kappa shape index (κ3) is 2.45. The fraction of sp³-hybridized carbons (Fsp3) is 0.412. The third-order valence-electron chi connectivity index (χ3n) is 5.12. The summed E-state index contributed by atoms with van der Waals surface area (Å²) in [5.74, 6) is -0.0863. The van der Waals surface area contributed by atoms with Crippen molar-refractivity contribution in [3.8, 4) is 5.69 Å². The first-order valence-corrected chi connectivity index (χ1v) is 8.36. The highest BCUT2D eigenvalue weighted by molar-refractivity contribution is 5.51. The molecule has 1 aliphatic carbocycles. The van der Waals surface area contributed by atoms with Crippen molar-refractivity contribution in [2.45, 2.75) is 38.3 Å². The Balaban J connectivity index is 1.81. The molecule has 6 nitrogen and oxygen atoms in total. The van der Waals surface area contributed by atoms with Crippen molar-refractivity contribution in [1.82, 2.24) is 9.55 Å². The van der Waals surface area contributed by atoms with E-state index in [1.807, 2.05) is 0 Å². The molecule has 2 aromatic rings. The van der Waals surface area contributed by atoms with E-state index in [0.717, 1.165) is 12.8 Å². The van der Waals surface area contributed by atoms with Gasteiger partial charge in [-0.2, -0.15) is 0 Å². The zero-order chi connectivity index (χ0) is 16.7. The number of hydrogen-bond acceptors (Lipinski definition) is 3. The van der Waals surface area contributed by atoms with E-state index in [4.69, 9.17) is 0 Å². The van der Waals surface area contributed by atoms with Crippen LogP contribution in [0, 0.1) is 5.82 Å². The summed E-state index contributed by atoms with van der Waals surface area (Å²) in [5.41, 5.74) is -0.344. The number of quaternary nitrogens is 1. The standard InChI is InChI=1S/C17H19FN4O2/c18-13-7-3-4-8-14(13)22-15-12(16(23)20-17(22)24)9-21(10-19-15)11-5-1-2-6-11/h3-4,7-8,11,19H,1-2,5-6,9-10H2,(H,20,23,24)/p+1. The number of H-pyrrole nitrogens is 1. The summed E-state index contributed by atoms with van der Waals surface area (Å²) in [6.45, 7) is 1.19. The van der Waals surface area contributed by atoms with Gasteiger partial charge in [0.25, 0.3) is 5.56 Å². The predicted octanol–water partition coefficient (Wildman–Crippen LogP) is 0.375. The topological polar surface area (TPSA) is 71.3 Å². The van der Waals surface area contributed by atoms with Crippen LogP contribution in [-0.2, 0) is 6.54 Å². The Morgan fingerprint density at radius 1 is 1.17 bits per heavy atom. The molecule has 1 saturated carbocycles. The Labute approximate surface area is 137 Å². The van der Waals surface area contributed by atoms with Crippen LogP contribution in [0.4, 0.5) is 10.2 Å². The molecule has 0 saturated heterocycles. The SMILES string of the molecule is O=c1[nH]c(=O)n(-c2ccccc2F)c2c1C[NH+](C1CCCC1)CN2. The normalized spacial score (nSPS) is 20.6. The largest absolute Gasteiger partial charge is 0.334 e. The zero-order valence-electron chi connectivity index (χ0n) is 13.3. The van der Waals surface area contributed by atoms with Crippen LogP contribution in [0.2, 0.25) is 0 Å². The van der Waals surface area contributed by atoms with E-state index in [1.54, 1.807) is 12.1 Å². The highest BCUT2D eigenvalue weighted by atomic mass is 19.1. The van der Waals surface area contributed by atoms with Crippen LogP contribution in [0.15, 0.2) is 33.9 Å². The number of rotatable bonds is 2. The highest BCUT2D eigenvalue weighted by Crippen LogP contribution is 2.20. The summed E-state index contributed by atoms with van der Waals surface area (Å²) in [6, 6.07) is 6.62. The van der Waals surface area contributed by atoms with Gasteiger partial charge >= 0.3 is 5.69 Å². The number of aromatic amines is 1. The van der Waals surface area contributed by atoms with E-state index in [2.05, 4.69) is 10.3 Å². The van der Waals surface area contributed by atoms with Gasteiger partial charge in [0.05, 0.1) is 11.7 Å². The first kappa shape index (κ1) is 15.1. The number of halogens is 1. The molecular weight excluding hydrogens is 311 g/mol. The summed E-state index contributed by atoms with van der Waals surface area (Å²) in [4.78, 5) is 28.2. The molecule has 1 fully saturated rings. The van der Waals surface area contributed by atoms with Crippen LogP contribution in [0.3, 0.4) is 0 Å². The molecule has 1 atom stereocenters. The van der Waals surface area contributed by atoms with E-state index in [9.17, 15) is 14.0 Å². The minimum absolute atomic E-state index is 0.145. The fourth-order valence-electron chi connectivity index (χ4n) is 3.89. The summed E-state index contributed by atoms with van der Waals surface area (Å²) in [7, 11) is 0. The van der Waals surface area contributed by atoms with E-state index in [-0.39, 0.29) is 11.2 Å². The van der Waals surface area contributed by atoms with Crippen molar-refractivity contribution in [2.75, 3.05) is 12.0 Å². The zero-order valence-corrected chi connectivity index (χ0v) is 13.3. The number of para-hydroxylation sites is 1. The number of anilines is 1. The van der Waals surface area contributed by atoms with E-state index in [0.29, 0.717) is 30.6 Å². The second-order valence-corrected chi connectivity index (χ2v) is 6.54. The fourth-order valence-corrected chi connectivity index (χ4v) is 3.89. The van der Waals surface area contributed by atoms with Crippen LogP contribution in [0.1, 0.15) is 31.2 Å². The highest BCUT2D eigenvalue weighted by Gasteiger charge is 2.32. The van der Waals surface area contributed by atoms with Crippen molar-refractivity contribution < 1.29 is 9.29 Å². The van der Waals surface area contributed by atoms with E-state index < -0.39 is 11.5 Å². The predicted molar refractivity (Wildman–Crippen MR) is 88.0 cm³/mol. The minimum Gasteiger partial charge on any atom is -0.324 e. The Morgan fingerprint density at radius 3 is 2.67 bits per heavy atom. The lowest BCUT2D eigenvalue weighted by atomic mass is 10.1. The lowest BCUT2D eigenvalue weighted by molar-refractivity contribution is -0.936. The first-order chi connectivity index (χ1) is 11.6. The smallest absolute Gasteiger partial charge is 0.324 e. The molecule has 1 unspecified atom stereocenters. The van der Waals surface area contributed by atoms with Crippen molar-refractivity contribution in [1.29, 1.82) is 0 Å². The number of nitrogens with one attached hydrogen (secondary N) is 3. The molecule has 0 spiro atoms. The maximum atomic E-state index is 14.2. The van der Waals surface area contributed by atoms with Crippen LogP contribution in [0.25, 0.3) is 5.69 Å². The molecule has 1 aromatic heterocycles. The summed E-state index contributed by atoms with van der Waals surface area (Å²) in [5, 5.41) is 3.20. The number of hydrogen-bond donors (Lipinski definition) is 3. The molecule has 126 valence electrons. The third-order valence-corrected chi connectivity index (χ3v) is 5.12. The Kier molecular flexibility index (Phi) is 3.72. The molecule has 0 radical (unpaired) electrons. The van der Waals surface area contributed by atoms with Gasteiger partial charge in [-0.3, -0.25) is 9.78 Å². The average Bonchev–Trinajstić information content (AvgIpc) is 3.11. The van der Waals surface area contributed by atoms with Gasteiger partial charge in [0.15, 0.2) is 6.67 Å². The Bertz CT molecular complexity index is 883. The number of fused-ring (bicyclic) bond motifs is 1. The van der Waals surface area contributed by atoms with E-state index >= 15 is 0 Å². The molecule has 2 aliphatic rings. The van der Waals surface area contributed by atoms with Gasteiger partial charge in [-0.05, 0) is 37.8 Å². The van der Waals surface area contributed by atoms with Gasteiger partial charge < -0.3 is 10.2 Å². The average molecular weight is 331 g/mol. The molecular formula is C17H20FN4O2+. The van der Waals surface area contributed by atoms with Crippen molar-refractivity contribution in [3.63, 3.8) is 0 Å². The second kappa shape index (κ2) is 5.90. The number of benzene rings is 1. The Morgan fingerprint density at radius 2 is 1.92 bits per heavy atom. The maximum absolute atomic E-state index is 14.2. The van der Waals surface area contributed by atoms with Gasteiger partial charge in [-0.25, -0.2) is 13.8 Å².